The molecule has 1 unspecified atom stereocenters. The summed E-state index contributed by atoms with van der Waals surface area (Å²) in [6, 6.07) is 1.75. The zero-order valence-corrected chi connectivity index (χ0v) is 11.1. The molecule has 0 bridgehead atoms. The Morgan fingerprint density at radius 3 is 2.68 bits per heavy atom. The molecule has 1 amide bonds. The van der Waals surface area contributed by atoms with Crippen molar-refractivity contribution in [3.05, 3.63) is 29.3 Å². The number of amides is 1. The van der Waals surface area contributed by atoms with Crippen LogP contribution in [-0.2, 0) is 0 Å². The molecule has 1 atom stereocenters. The number of carbonyl (C=O) groups excluding carboxylic acids is 1. The predicted molar refractivity (Wildman–Crippen MR) is 69.7 cm³/mol. The summed E-state index contributed by atoms with van der Waals surface area (Å²) in [6.07, 6.45) is 2.70. The first-order valence-corrected chi connectivity index (χ1v) is 6.34. The van der Waals surface area contributed by atoms with Gasteiger partial charge in [-0.15, -0.1) is 0 Å². The van der Waals surface area contributed by atoms with Crippen molar-refractivity contribution in [2.24, 2.45) is 5.41 Å². The number of halogens is 2. The smallest absolute Gasteiger partial charge is 0.254 e. The Morgan fingerprint density at radius 2 is 2.11 bits per heavy atom. The van der Waals surface area contributed by atoms with Crippen molar-refractivity contribution in [3.63, 3.8) is 0 Å². The van der Waals surface area contributed by atoms with Crippen LogP contribution in [0.2, 0.25) is 0 Å². The Balaban J connectivity index is 2.13. The van der Waals surface area contributed by atoms with Gasteiger partial charge in [-0.3, -0.25) is 4.79 Å². The molecule has 0 heterocycles. The minimum atomic E-state index is -0.865. The van der Waals surface area contributed by atoms with Crippen LogP contribution in [0.4, 0.5) is 14.5 Å². The fourth-order valence-electron chi connectivity index (χ4n) is 2.60. The van der Waals surface area contributed by atoms with Gasteiger partial charge in [0, 0.05) is 6.04 Å². The average molecular weight is 268 g/mol. The van der Waals surface area contributed by atoms with Crippen molar-refractivity contribution in [3.8, 4) is 0 Å². The zero-order valence-electron chi connectivity index (χ0n) is 11.1. The van der Waals surface area contributed by atoms with E-state index in [1.54, 1.807) is 0 Å². The molecule has 0 aliphatic heterocycles. The van der Waals surface area contributed by atoms with Gasteiger partial charge < -0.3 is 11.1 Å². The highest BCUT2D eigenvalue weighted by atomic mass is 19.1. The monoisotopic (exact) mass is 268 g/mol. The largest absolute Gasteiger partial charge is 0.396 e. The molecule has 5 heteroatoms. The molecule has 2 rings (SSSR count). The highest BCUT2D eigenvalue weighted by Crippen LogP contribution is 2.37. The molecule has 19 heavy (non-hydrogen) atoms. The predicted octanol–water partition coefficient (Wildman–Crippen LogP) is 2.86. The summed E-state index contributed by atoms with van der Waals surface area (Å²) in [4.78, 5) is 12.0. The van der Waals surface area contributed by atoms with Crippen LogP contribution in [0.15, 0.2) is 12.1 Å². The number of carbonyl (C=O) groups is 1. The standard InChI is InChI=1S/C14H18F2N2O/c1-14(2)4-3-9(7-14)18-13(19)10-5-8(15)6-11(17)12(10)16/h5-6,9H,3-4,7,17H2,1-2H3,(H,18,19). The van der Waals surface area contributed by atoms with Gasteiger partial charge in [0.2, 0.25) is 0 Å². The van der Waals surface area contributed by atoms with E-state index in [9.17, 15) is 13.6 Å². The number of nitrogen functional groups attached to an aromatic ring is 1. The summed E-state index contributed by atoms with van der Waals surface area (Å²) in [5, 5.41) is 2.74. The molecule has 0 aromatic heterocycles. The van der Waals surface area contributed by atoms with Gasteiger partial charge in [-0.1, -0.05) is 13.8 Å². The van der Waals surface area contributed by atoms with Crippen LogP contribution in [0.25, 0.3) is 0 Å². The van der Waals surface area contributed by atoms with Crippen molar-refractivity contribution >= 4 is 11.6 Å². The summed E-state index contributed by atoms with van der Waals surface area (Å²) in [6.45, 7) is 4.25. The summed E-state index contributed by atoms with van der Waals surface area (Å²) < 4.78 is 26.9. The van der Waals surface area contributed by atoms with Gasteiger partial charge in [0.25, 0.3) is 5.91 Å². The number of hydrogen-bond acceptors (Lipinski definition) is 2. The average Bonchev–Trinajstić information content (AvgIpc) is 2.63. The van der Waals surface area contributed by atoms with Gasteiger partial charge in [0.1, 0.15) is 5.82 Å². The van der Waals surface area contributed by atoms with Crippen LogP contribution >= 0.6 is 0 Å². The third-order valence-electron chi connectivity index (χ3n) is 3.61. The normalized spacial score (nSPS) is 21.4. The second-order valence-electron chi connectivity index (χ2n) is 5.93. The van der Waals surface area contributed by atoms with E-state index in [0.29, 0.717) is 0 Å². The van der Waals surface area contributed by atoms with E-state index in [1.165, 1.54) is 0 Å². The molecule has 3 nitrogen and oxygen atoms in total. The number of rotatable bonds is 2. The van der Waals surface area contributed by atoms with E-state index < -0.39 is 17.5 Å². The lowest BCUT2D eigenvalue weighted by molar-refractivity contribution is 0.0931. The quantitative estimate of drug-likeness (QED) is 0.810. The highest BCUT2D eigenvalue weighted by Gasteiger charge is 2.32. The first-order chi connectivity index (χ1) is 8.78. The van der Waals surface area contributed by atoms with Gasteiger partial charge in [-0.05, 0) is 36.8 Å². The molecule has 1 aliphatic rings. The van der Waals surface area contributed by atoms with Gasteiger partial charge in [0.05, 0.1) is 11.3 Å². The molecule has 0 radical (unpaired) electrons. The third kappa shape index (κ3) is 3.03. The lowest BCUT2D eigenvalue weighted by atomic mass is 9.92. The number of nitrogens with one attached hydrogen (secondary N) is 1. The second kappa shape index (κ2) is 4.79. The topological polar surface area (TPSA) is 55.1 Å². The third-order valence-corrected chi connectivity index (χ3v) is 3.61. The van der Waals surface area contributed by atoms with E-state index >= 15 is 0 Å². The Kier molecular flexibility index (Phi) is 3.47. The molecule has 0 saturated heterocycles. The van der Waals surface area contributed by atoms with Crippen molar-refractivity contribution < 1.29 is 13.6 Å². The summed E-state index contributed by atoms with van der Waals surface area (Å²) >= 11 is 0. The Hall–Kier alpha value is -1.65. The lowest BCUT2D eigenvalue weighted by Crippen LogP contribution is -2.34. The van der Waals surface area contributed by atoms with Gasteiger partial charge in [0.15, 0.2) is 5.82 Å². The first-order valence-electron chi connectivity index (χ1n) is 6.34. The maximum Gasteiger partial charge on any atom is 0.254 e. The van der Waals surface area contributed by atoms with E-state index in [2.05, 4.69) is 19.2 Å². The zero-order chi connectivity index (χ0) is 14.2. The Bertz CT molecular complexity index is 514. The van der Waals surface area contributed by atoms with Crippen LogP contribution in [-0.4, -0.2) is 11.9 Å². The number of anilines is 1. The van der Waals surface area contributed by atoms with E-state index in [1.807, 2.05) is 0 Å². The molecule has 1 saturated carbocycles. The number of hydrogen-bond donors (Lipinski definition) is 2. The van der Waals surface area contributed by atoms with Crippen molar-refractivity contribution in [1.82, 2.24) is 5.32 Å². The molecule has 104 valence electrons. The van der Waals surface area contributed by atoms with Crippen LogP contribution in [0, 0.1) is 17.0 Å². The molecule has 1 aromatic rings. The summed E-state index contributed by atoms with van der Waals surface area (Å²) in [5.74, 6) is -2.18. The summed E-state index contributed by atoms with van der Waals surface area (Å²) in [7, 11) is 0. The van der Waals surface area contributed by atoms with E-state index in [-0.39, 0.29) is 22.7 Å². The van der Waals surface area contributed by atoms with Gasteiger partial charge >= 0.3 is 0 Å². The van der Waals surface area contributed by atoms with Crippen LogP contribution in [0.5, 0.6) is 0 Å². The first kappa shape index (κ1) is 13.8. The fourth-order valence-corrected chi connectivity index (χ4v) is 2.60. The maximum atomic E-state index is 13.7. The molecule has 0 spiro atoms. The molecule has 1 fully saturated rings. The van der Waals surface area contributed by atoms with Crippen LogP contribution in [0.3, 0.4) is 0 Å². The maximum absolute atomic E-state index is 13.7. The highest BCUT2D eigenvalue weighted by molar-refractivity contribution is 5.95. The van der Waals surface area contributed by atoms with Crippen molar-refractivity contribution in [2.45, 2.75) is 39.2 Å². The van der Waals surface area contributed by atoms with Gasteiger partial charge in [-0.25, -0.2) is 8.78 Å². The minimum absolute atomic E-state index is 0.00592. The number of nitrogens with two attached hydrogens (primary N) is 1. The summed E-state index contributed by atoms with van der Waals surface area (Å²) in [5.41, 5.74) is 4.81. The Morgan fingerprint density at radius 1 is 1.42 bits per heavy atom. The number of benzene rings is 1. The Labute approximate surface area is 111 Å². The molecule has 1 aromatic carbocycles. The minimum Gasteiger partial charge on any atom is -0.396 e. The molecule has 3 N–H and O–H groups in total. The fraction of sp³-hybridized carbons (Fsp3) is 0.500. The molecular weight excluding hydrogens is 250 g/mol. The van der Waals surface area contributed by atoms with Gasteiger partial charge in [-0.2, -0.15) is 0 Å². The van der Waals surface area contributed by atoms with Crippen LogP contribution < -0.4 is 11.1 Å². The van der Waals surface area contributed by atoms with E-state index in [4.69, 9.17) is 5.73 Å². The lowest BCUT2D eigenvalue weighted by Gasteiger charge is -2.18. The molecule has 1 aliphatic carbocycles. The SMILES string of the molecule is CC1(C)CCC(NC(=O)c2cc(F)cc(N)c2F)C1. The second-order valence-corrected chi connectivity index (χ2v) is 5.93. The van der Waals surface area contributed by atoms with E-state index in [0.717, 1.165) is 31.4 Å². The van der Waals surface area contributed by atoms with Crippen molar-refractivity contribution in [1.29, 1.82) is 0 Å². The molecular formula is C14H18F2N2O. The van der Waals surface area contributed by atoms with Crippen LogP contribution in [0.1, 0.15) is 43.5 Å². The van der Waals surface area contributed by atoms with Crippen molar-refractivity contribution in [2.75, 3.05) is 5.73 Å².